The molecule has 3 amide bonds. The quantitative estimate of drug-likeness (QED) is 0.451. The molecule has 0 radical (unpaired) electrons. The number of benzene rings is 1. The highest BCUT2D eigenvalue weighted by Gasteiger charge is 2.63. The second-order valence-electron chi connectivity index (χ2n) is 12.4. The predicted octanol–water partition coefficient (Wildman–Crippen LogP) is 3.05. The predicted molar refractivity (Wildman–Crippen MR) is 151 cm³/mol. The van der Waals surface area contributed by atoms with E-state index in [1.165, 1.54) is 11.0 Å². The Morgan fingerprint density at radius 3 is 2.51 bits per heavy atom. The number of likely N-dealkylation sites (tertiary alicyclic amines) is 1. The molecule has 1 aromatic heterocycles. The number of aromatic nitrogens is 1. The maximum absolute atomic E-state index is 13.7. The summed E-state index contributed by atoms with van der Waals surface area (Å²) < 4.78 is 38.5. The number of nitrogens with zero attached hydrogens (tertiary/aromatic N) is 2. The van der Waals surface area contributed by atoms with Crippen molar-refractivity contribution < 1.29 is 32.3 Å². The second-order valence-corrected chi connectivity index (χ2v) is 14.5. The number of pyridine rings is 1. The van der Waals surface area contributed by atoms with Crippen molar-refractivity contribution in [1.29, 1.82) is 0 Å². The molecule has 2 aliphatic carbocycles. The minimum Gasteiger partial charge on any atom is -0.472 e. The van der Waals surface area contributed by atoms with Crippen LogP contribution in [0.5, 0.6) is 5.88 Å². The molecule has 220 valence electrons. The van der Waals surface area contributed by atoms with Crippen molar-refractivity contribution in [2.45, 2.75) is 81.4 Å². The van der Waals surface area contributed by atoms with Gasteiger partial charge in [0.15, 0.2) is 0 Å². The van der Waals surface area contributed by atoms with Crippen LogP contribution in [0.4, 0.5) is 4.79 Å². The van der Waals surface area contributed by atoms with E-state index in [0.29, 0.717) is 18.7 Å². The van der Waals surface area contributed by atoms with Gasteiger partial charge in [0.2, 0.25) is 21.8 Å². The summed E-state index contributed by atoms with van der Waals surface area (Å²) in [6.07, 6.45) is 3.08. The molecule has 1 saturated heterocycles. The molecule has 2 aromatic rings. The van der Waals surface area contributed by atoms with Crippen molar-refractivity contribution in [2.75, 3.05) is 6.54 Å². The largest absolute Gasteiger partial charge is 0.472 e. The van der Waals surface area contributed by atoms with Crippen molar-refractivity contribution in [3.05, 3.63) is 49.2 Å². The number of nitrogens with one attached hydrogen (secondary N) is 2. The first-order valence-corrected chi connectivity index (χ1v) is 15.2. The summed E-state index contributed by atoms with van der Waals surface area (Å²) in [5, 5.41) is 4.48. The van der Waals surface area contributed by atoms with Gasteiger partial charge in [-0.3, -0.25) is 19.2 Å². The van der Waals surface area contributed by atoms with Crippen LogP contribution in [0.15, 0.2) is 49.2 Å². The van der Waals surface area contributed by atoms with Crippen LogP contribution < -0.4 is 14.8 Å². The SMILES string of the molecule is C=C[C@@H]1C[C@]1(NC(=O)[C@@H]1C[C@@H](Oc2nccc3ccccc23)CN1C(=O)OC(C)(C)C)C(=O)NS(=O)(=O)C1(C)CC1. The molecule has 0 spiro atoms. The van der Waals surface area contributed by atoms with Crippen LogP contribution in [0.25, 0.3) is 10.8 Å². The third kappa shape index (κ3) is 5.61. The molecule has 12 heteroatoms. The monoisotopic (exact) mass is 584 g/mol. The molecular formula is C29H36N4O7S. The number of hydrogen-bond donors (Lipinski definition) is 2. The molecule has 0 unspecified atom stereocenters. The lowest BCUT2D eigenvalue weighted by atomic mass is 10.1. The number of ether oxygens (including phenoxy) is 2. The highest BCUT2D eigenvalue weighted by atomic mass is 32.2. The molecule has 4 atom stereocenters. The van der Waals surface area contributed by atoms with Gasteiger partial charge in [0, 0.05) is 23.9 Å². The fourth-order valence-electron chi connectivity index (χ4n) is 5.12. The van der Waals surface area contributed by atoms with Crippen LogP contribution >= 0.6 is 0 Å². The molecule has 2 heterocycles. The molecule has 11 nitrogen and oxygen atoms in total. The summed E-state index contributed by atoms with van der Waals surface area (Å²) in [5.74, 6) is -1.50. The zero-order valence-electron chi connectivity index (χ0n) is 23.7. The van der Waals surface area contributed by atoms with Crippen molar-refractivity contribution in [2.24, 2.45) is 5.92 Å². The van der Waals surface area contributed by atoms with Crippen LogP contribution in [-0.2, 0) is 24.3 Å². The van der Waals surface area contributed by atoms with E-state index in [9.17, 15) is 22.8 Å². The zero-order chi connectivity index (χ0) is 29.8. The Balaban J connectivity index is 1.37. The molecule has 5 rings (SSSR count). The topological polar surface area (TPSA) is 144 Å². The molecule has 3 fully saturated rings. The van der Waals surface area contributed by atoms with Crippen molar-refractivity contribution in [1.82, 2.24) is 19.9 Å². The van der Waals surface area contributed by atoms with E-state index in [1.807, 2.05) is 30.3 Å². The summed E-state index contributed by atoms with van der Waals surface area (Å²) >= 11 is 0. The first-order valence-electron chi connectivity index (χ1n) is 13.7. The number of carbonyl (C=O) groups is 3. The number of sulfonamides is 1. The molecule has 1 aliphatic heterocycles. The van der Waals surface area contributed by atoms with E-state index in [0.717, 1.165) is 10.8 Å². The summed E-state index contributed by atoms with van der Waals surface area (Å²) in [7, 11) is -3.92. The van der Waals surface area contributed by atoms with Gasteiger partial charge in [0.25, 0.3) is 5.91 Å². The van der Waals surface area contributed by atoms with Gasteiger partial charge in [-0.2, -0.15) is 0 Å². The Kier molecular flexibility index (Phi) is 7.04. The highest BCUT2D eigenvalue weighted by molar-refractivity contribution is 7.91. The Morgan fingerprint density at radius 2 is 1.88 bits per heavy atom. The molecular weight excluding hydrogens is 548 g/mol. The smallest absolute Gasteiger partial charge is 0.411 e. The number of rotatable bonds is 8. The third-order valence-electron chi connectivity index (χ3n) is 7.99. The minimum absolute atomic E-state index is 0.0503. The number of fused-ring (bicyclic) bond motifs is 1. The van der Waals surface area contributed by atoms with Crippen LogP contribution in [0, 0.1) is 5.92 Å². The van der Waals surface area contributed by atoms with E-state index in [-0.39, 0.29) is 19.4 Å². The molecule has 41 heavy (non-hydrogen) atoms. The van der Waals surface area contributed by atoms with Gasteiger partial charge in [-0.25, -0.2) is 18.2 Å². The molecule has 0 bridgehead atoms. The fourth-order valence-corrected chi connectivity index (χ4v) is 6.43. The van der Waals surface area contributed by atoms with E-state index < -0.39 is 61.9 Å². The van der Waals surface area contributed by atoms with Gasteiger partial charge in [0.05, 0.1) is 11.3 Å². The molecule has 2 saturated carbocycles. The zero-order valence-corrected chi connectivity index (χ0v) is 24.5. The molecule has 2 N–H and O–H groups in total. The lowest BCUT2D eigenvalue weighted by Gasteiger charge is -2.29. The number of amides is 3. The number of hydrogen-bond acceptors (Lipinski definition) is 8. The lowest BCUT2D eigenvalue weighted by molar-refractivity contribution is -0.131. The highest BCUT2D eigenvalue weighted by Crippen LogP contribution is 2.47. The Labute approximate surface area is 239 Å². The molecule has 1 aromatic carbocycles. The summed E-state index contributed by atoms with van der Waals surface area (Å²) in [4.78, 5) is 45.9. The van der Waals surface area contributed by atoms with Gasteiger partial charge < -0.3 is 14.8 Å². The van der Waals surface area contributed by atoms with E-state index >= 15 is 0 Å². The van der Waals surface area contributed by atoms with Crippen LogP contribution in [0.1, 0.15) is 53.4 Å². The van der Waals surface area contributed by atoms with E-state index in [1.54, 1.807) is 33.9 Å². The van der Waals surface area contributed by atoms with Crippen molar-refractivity contribution >= 4 is 38.7 Å². The van der Waals surface area contributed by atoms with Crippen molar-refractivity contribution in [3.63, 3.8) is 0 Å². The Hall–Kier alpha value is -3.67. The maximum atomic E-state index is 13.7. The van der Waals surface area contributed by atoms with Gasteiger partial charge in [0.1, 0.15) is 23.3 Å². The van der Waals surface area contributed by atoms with Gasteiger partial charge in [-0.15, -0.1) is 6.58 Å². The normalized spacial score (nSPS) is 26.6. The summed E-state index contributed by atoms with van der Waals surface area (Å²) in [6.45, 7) is 10.5. The maximum Gasteiger partial charge on any atom is 0.411 e. The third-order valence-corrected chi connectivity index (χ3v) is 10.1. The van der Waals surface area contributed by atoms with Crippen LogP contribution in [0.2, 0.25) is 0 Å². The lowest BCUT2D eigenvalue weighted by Crippen LogP contribution is -2.57. The van der Waals surface area contributed by atoms with Gasteiger partial charge in [-0.05, 0) is 64.5 Å². The number of carbonyl (C=O) groups excluding carboxylic acids is 3. The van der Waals surface area contributed by atoms with E-state index in [4.69, 9.17) is 9.47 Å². The standard InChI is InChI=1S/C29H36N4O7S/c1-6-19-16-29(19,25(35)32-41(37,38)28(5)12-13-28)31-23(34)22-15-20(17-33(22)26(36)40-27(2,3)4)39-24-21-10-8-7-9-18(21)11-14-30-24/h6-11,14,19-20,22H,1,12-13,15-17H2,2-5H3,(H,31,34)(H,32,35)/t19-,20-,22+,29-/m1/s1. The first-order chi connectivity index (χ1) is 19.2. The summed E-state index contributed by atoms with van der Waals surface area (Å²) in [6, 6.07) is 8.42. The fraction of sp³-hybridized carbons (Fsp3) is 0.517. The Morgan fingerprint density at radius 1 is 1.17 bits per heavy atom. The first kappa shape index (κ1) is 28.8. The Bertz CT molecular complexity index is 1510. The molecule has 3 aliphatic rings. The minimum atomic E-state index is -3.92. The van der Waals surface area contributed by atoms with Crippen LogP contribution in [0.3, 0.4) is 0 Å². The average Bonchev–Trinajstić information content (AvgIpc) is 3.78. The van der Waals surface area contributed by atoms with Gasteiger partial charge >= 0.3 is 6.09 Å². The van der Waals surface area contributed by atoms with Crippen LogP contribution in [-0.4, -0.2) is 70.8 Å². The average molecular weight is 585 g/mol. The second kappa shape index (κ2) is 10.0. The van der Waals surface area contributed by atoms with E-state index in [2.05, 4.69) is 21.6 Å². The van der Waals surface area contributed by atoms with Gasteiger partial charge in [-0.1, -0.05) is 24.3 Å². The summed E-state index contributed by atoms with van der Waals surface area (Å²) in [5.41, 5.74) is -2.29. The van der Waals surface area contributed by atoms with Crippen molar-refractivity contribution in [3.8, 4) is 5.88 Å².